The van der Waals surface area contributed by atoms with Crippen molar-refractivity contribution in [2.24, 2.45) is 0 Å². The van der Waals surface area contributed by atoms with Crippen LogP contribution in [0.2, 0.25) is 0 Å². The average Bonchev–Trinajstić information content (AvgIpc) is 3.94. The van der Waals surface area contributed by atoms with E-state index in [4.69, 9.17) is 19.9 Å². The summed E-state index contributed by atoms with van der Waals surface area (Å²) in [6.45, 7) is 0. The van der Waals surface area contributed by atoms with Crippen molar-refractivity contribution in [1.29, 1.82) is 0 Å². The maximum absolute atomic E-state index is 5.23. The van der Waals surface area contributed by atoms with Crippen molar-refractivity contribution in [3.8, 4) is 67.0 Å². The van der Waals surface area contributed by atoms with E-state index in [0.29, 0.717) is 17.5 Å². The van der Waals surface area contributed by atoms with Crippen LogP contribution in [0.1, 0.15) is 11.1 Å². The Bertz CT molecular complexity index is 3000. The van der Waals surface area contributed by atoms with E-state index in [0.717, 1.165) is 39.2 Å². The maximum Gasteiger partial charge on any atom is 0.164 e. The lowest BCUT2D eigenvalue weighted by Gasteiger charge is -2.11. The molecule has 0 spiro atoms. The molecule has 0 bridgehead atoms. The Morgan fingerprint density at radius 2 is 1.06 bits per heavy atom. The molecule has 1 aliphatic rings. The summed E-state index contributed by atoms with van der Waals surface area (Å²) in [5, 5.41) is 3.41. The van der Waals surface area contributed by atoms with Gasteiger partial charge >= 0.3 is 0 Å². The van der Waals surface area contributed by atoms with E-state index in [2.05, 4.69) is 133 Å². The van der Waals surface area contributed by atoms with Gasteiger partial charge in [-0.25, -0.2) is 19.9 Å². The number of para-hydroxylation sites is 1. The van der Waals surface area contributed by atoms with Crippen molar-refractivity contribution < 1.29 is 0 Å². The lowest BCUT2D eigenvalue weighted by molar-refractivity contribution is 1.08. The van der Waals surface area contributed by atoms with Gasteiger partial charge in [-0.1, -0.05) is 133 Å². The van der Waals surface area contributed by atoms with E-state index in [1.54, 1.807) is 11.3 Å². The fourth-order valence-corrected chi connectivity index (χ4v) is 9.89. The lowest BCUT2D eigenvalue weighted by Crippen LogP contribution is -2.00. The summed E-state index contributed by atoms with van der Waals surface area (Å²) in [5.74, 6) is 2.01. The van der Waals surface area contributed by atoms with Crippen LogP contribution in [-0.2, 0) is 6.42 Å². The largest absolute Gasteiger partial charge is 0.236 e. The Kier molecular flexibility index (Phi) is 6.93. The van der Waals surface area contributed by atoms with Gasteiger partial charge in [-0.2, -0.15) is 0 Å². The van der Waals surface area contributed by atoms with Crippen molar-refractivity contribution in [3.63, 3.8) is 0 Å². The standard InChI is InChI=1S/C47H28N4S2/c1-2-10-29(11-3-1)44-49-45(33-25-24-32-26-31-12-4-5-13-34(31)38(32)27-33)51-46(50-44)37-16-9-19-41-42(37)36-15-8-14-35(43(36)52-41)28-20-22-30(23-21-28)47-48-39-17-6-7-18-40(39)53-47/h1-25,27H,26H2. The third-order valence-corrected chi connectivity index (χ3v) is 12.5. The van der Waals surface area contributed by atoms with Crippen molar-refractivity contribution in [3.05, 3.63) is 169 Å². The minimum Gasteiger partial charge on any atom is -0.236 e. The second-order valence-electron chi connectivity index (χ2n) is 13.4. The molecule has 1 aliphatic carbocycles. The molecular formula is C47H28N4S2. The topological polar surface area (TPSA) is 51.6 Å². The SMILES string of the molecule is c1ccc(-c2nc(-c3ccc4c(c3)-c3ccccc3C4)nc(-c3cccc4sc5c(-c6ccc(-c7nc8ccccc8s7)cc6)cccc5c34)n2)cc1. The molecule has 53 heavy (non-hydrogen) atoms. The van der Waals surface area contributed by atoms with Crippen LogP contribution >= 0.6 is 22.7 Å². The molecule has 0 N–H and O–H groups in total. The first-order valence-electron chi connectivity index (χ1n) is 17.7. The summed E-state index contributed by atoms with van der Waals surface area (Å²) < 4.78 is 3.66. The van der Waals surface area contributed by atoms with Crippen LogP contribution in [0.15, 0.2) is 158 Å². The molecule has 0 unspecified atom stereocenters. The minimum absolute atomic E-state index is 0.664. The quantitative estimate of drug-likeness (QED) is 0.178. The molecule has 4 nitrogen and oxygen atoms in total. The fourth-order valence-electron chi connectivity index (χ4n) is 7.65. The van der Waals surface area contributed by atoms with Gasteiger partial charge in [0.05, 0.1) is 10.2 Å². The van der Waals surface area contributed by atoms with Gasteiger partial charge in [0.1, 0.15) is 5.01 Å². The van der Waals surface area contributed by atoms with E-state index in [1.807, 2.05) is 35.6 Å². The maximum atomic E-state index is 5.23. The molecule has 10 aromatic rings. The third-order valence-electron chi connectivity index (χ3n) is 10.2. The Morgan fingerprint density at radius 1 is 0.396 bits per heavy atom. The van der Waals surface area contributed by atoms with Crippen LogP contribution in [0.25, 0.3) is 97.4 Å². The number of fused-ring (bicyclic) bond motifs is 7. The minimum atomic E-state index is 0.664. The number of hydrogen-bond acceptors (Lipinski definition) is 6. The molecule has 0 saturated heterocycles. The van der Waals surface area contributed by atoms with Gasteiger partial charge in [0.15, 0.2) is 17.5 Å². The van der Waals surface area contributed by atoms with Crippen molar-refractivity contribution in [2.45, 2.75) is 6.42 Å². The third kappa shape index (κ3) is 5.10. The van der Waals surface area contributed by atoms with E-state index >= 15 is 0 Å². The first kappa shape index (κ1) is 30.3. The number of nitrogens with zero attached hydrogens (tertiary/aromatic N) is 4. The Morgan fingerprint density at radius 3 is 1.94 bits per heavy atom. The second-order valence-corrected chi connectivity index (χ2v) is 15.5. The number of rotatable bonds is 5. The Balaban J connectivity index is 1.05. The summed E-state index contributed by atoms with van der Waals surface area (Å²) >= 11 is 3.56. The first-order chi connectivity index (χ1) is 26.2. The van der Waals surface area contributed by atoms with Crippen molar-refractivity contribution in [1.82, 2.24) is 19.9 Å². The van der Waals surface area contributed by atoms with Gasteiger partial charge < -0.3 is 0 Å². The summed E-state index contributed by atoms with van der Waals surface area (Å²) in [7, 11) is 0. The molecule has 3 heterocycles. The molecule has 0 atom stereocenters. The van der Waals surface area contributed by atoms with Crippen LogP contribution in [0, 0.1) is 0 Å². The van der Waals surface area contributed by atoms with Crippen molar-refractivity contribution >= 4 is 53.1 Å². The van der Waals surface area contributed by atoms with Gasteiger partial charge in [-0.15, -0.1) is 22.7 Å². The van der Waals surface area contributed by atoms with Crippen LogP contribution in [-0.4, -0.2) is 19.9 Å². The molecule has 0 radical (unpaired) electrons. The molecule has 0 fully saturated rings. The van der Waals surface area contributed by atoms with E-state index in [-0.39, 0.29) is 0 Å². The molecule has 248 valence electrons. The lowest BCUT2D eigenvalue weighted by atomic mass is 9.99. The van der Waals surface area contributed by atoms with Crippen molar-refractivity contribution in [2.75, 3.05) is 0 Å². The summed E-state index contributed by atoms with van der Waals surface area (Å²) in [4.78, 5) is 20.4. The van der Waals surface area contributed by atoms with Gasteiger partial charge in [-0.3, -0.25) is 0 Å². The smallest absolute Gasteiger partial charge is 0.164 e. The molecule has 11 rings (SSSR count). The van der Waals surface area contributed by atoms with Crippen LogP contribution in [0.3, 0.4) is 0 Å². The van der Waals surface area contributed by atoms with Gasteiger partial charge in [0, 0.05) is 42.4 Å². The fraction of sp³-hybridized carbons (Fsp3) is 0.0213. The van der Waals surface area contributed by atoms with Gasteiger partial charge in [0.25, 0.3) is 0 Å². The molecule has 3 aromatic heterocycles. The predicted molar refractivity (Wildman–Crippen MR) is 221 cm³/mol. The molecule has 6 heteroatoms. The Labute approximate surface area is 313 Å². The number of thiophene rings is 1. The summed E-state index contributed by atoms with van der Waals surface area (Å²) in [5.41, 5.74) is 12.8. The second kappa shape index (κ2) is 12.1. The van der Waals surface area contributed by atoms with E-state index in [1.165, 1.54) is 58.3 Å². The zero-order valence-corrected chi connectivity index (χ0v) is 30.0. The molecule has 7 aromatic carbocycles. The molecule has 0 saturated carbocycles. The van der Waals surface area contributed by atoms with Crippen LogP contribution in [0.4, 0.5) is 0 Å². The highest BCUT2D eigenvalue weighted by atomic mass is 32.1. The first-order valence-corrected chi connectivity index (χ1v) is 19.3. The zero-order valence-electron chi connectivity index (χ0n) is 28.3. The molecule has 0 aliphatic heterocycles. The highest BCUT2D eigenvalue weighted by molar-refractivity contribution is 7.26. The zero-order chi connectivity index (χ0) is 34.9. The normalized spacial score (nSPS) is 12.1. The summed E-state index contributed by atoms with van der Waals surface area (Å²) in [6.07, 6.45) is 0.950. The highest BCUT2D eigenvalue weighted by Crippen LogP contribution is 2.44. The van der Waals surface area contributed by atoms with Gasteiger partial charge in [-0.05, 0) is 64.1 Å². The monoisotopic (exact) mass is 712 g/mol. The van der Waals surface area contributed by atoms with Gasteiger partial charge in [0.2, 0.25) is 0 Å². The summed E-state index contributed by atoms with van der Waals surface area (Å²) in [6, 6.07) is 55.8. The molecular weight excluding hydrogens is 685 g/mol. The number of aromatic nitrogens is 4. The van der Waals surface area contributed by atoms with Crippen LogP contribution in [0.5, 0.6) is 0 Å². The number of hydrogen-bond donors (Lipinski definition) is 0. The average molecular weight is 713 g/mol. The Hall–Kier alpha value is -6.34. The van der Waals surface area contributed by atoms with E-state index in [9.17, 15) is 0 Å². The highest BCUT2D eigenvalue weighted by Gasteiger charge is 2.22. The molecule has 0 amide bonds. The van der Waals surface area contributed by atoms with Crippen LogP contribution < -0.4 is 0 Å². The number of thiazole rings is 1. The predicted octanol–water partition coefficient (Wildman–Crippen LogP) is 12.8. The van der Waals surface area contributed by atoms with E-state index < -0.39 is 0 Å². The number of benzene rings is 7.